The van der Waals surface area contributed by atoms with E-state index in [1.807, 2.05) is 41.5 Å². The Morgan fingerprint density at radius 1 is 1.07 bits per heavy atom. The van der Waals surface area contributed by atoms with Crippen LogP contribution in [0.25, 0.3) is 0 Å². The Labute approximate surface area is 100 Å². The molecule has 0 spiro atoms. The minimum Gasteiger partial charge on any atom is -0.374 e. The van der Waals surface area contributed by atoms with Gasteiger partial charge < -0.3 is 9.47 Å². The highest BCUT2D eigenvalue weighted by Gasteiger charge is 2.28. The van der Waals surface area contributed by atoms with Crippen molar-refractivity contribution in [1.29, 1.82) is 0 Å². The molecule has 0 aromatic rings. The van der Waals surface area contributed by atoms with Crippen LogP contribution >= 0.6 is 0 Å². The predicted octanol–water partition coefficient (Wildman–Crippen LogP) is 3.56. The van der Waals surface area contributed by atoms with Crippen molar-refractivity contribution in [3.63, 3.8) is 0 Å². The lowest BCUT2D eigenvalue weighted by Crippen LogP contribution is -2.32. The van der Waals surface area contributed by atoms with E-state index in [1.165, 1.54) is 0 Å². The van der Waals surface area contributed by atoms with Crippen LogP contribution in [0.4, 0.5) is 0 Å². The Morgan fingerprint density at radius 2 is 1.60 bits per heavy atom. The third kappa shape index (κ3) is 3.62. The van der Waals surface area contributed by atoms with Crippen molar-refractivity contribution in [3.8, 4) is 0 Å². The van der Waals surface area contributed by atoms with Crippen molar-refractivity contribution in [2.75, 3.05) is 13.7 Å². The van der Waals surface area contributed by atoms with E-state index in [1.54, 1.807) is 0 Å². The molecule has 15 heavy (non-hydrogen) atoms. The second-order valence-corrected chi connectivity index (χ2v) is 4.70. The van der Waals surface area contributed by atoms with Crippen molar-refractivity contribution in [2.45, 2.75) is 59.6 Å². The molecule has 0 aliphatic rings. The summed E-state index contributed by atoms with van der Waals surface area (Å²) in [5, 5.41) is 0. The van der Waals surface area contributed by atoms with Crippen molar-refractivity contribution in [2.24, 2.45) is 0 Å². The molecule has 0 heterocycles. The van der Waals surface area contributed by atoms with Crippen LogP contribution in [0.15, 0.2) is 11.1 Å². The molecular formula is C13H26O2. The predicted molar refractivity (Wildman–Crippen MR) is 65.2 cm³/mol. The van der Waals surface area contributed by atoms with Crippen LogP contribution in [0.2, 0.25) is 0 Å². The average molecular weight is 218 g/mol. The van der Waals surface area contributed by atoms with E-state index >= 15 is 0 Å². The molecule has 0 unspecified atom stereocenters. The maximum Gasteiger partial charge on any atom is 0.0836 e. The van der Waals surface area contributed by atoms with E-state index in [0.29, 0.717) is 0 Å². The van der Waals surface area contributed by atoms with Crippen molar-refractivity contribution < 1.29 is 15.0 Å². The summed E-state index contributed by atoms with van der Waals surface area (Å²) in [6.07, 6.45) is 0. The Bertz CT molecular complexity index is 323. The molecule has 0 amide bonds. The van der Waals surface area contributed by atoms with Crippen molar-refractivity contribution >= 4 is 0 Å². The zero-order chi connectivity index (χ0) is 15.4. The fourth-order valence-corrected chi connectivity index (χ4v) is 1.31. The molecule has 0 fully saturated rings. The first-order chi connectivity index (χ1) is 8.40. The van der Waals surface area contributed by atoms with Gasteiger partial charge in [0.05, 0.1) is 13.9 Å². The minimum absolute atomic E-state index is 0.0401. The third-order valence-corrected chi connectivity index (χ3v) is 3.11. The molecule has 0 rings (SSSR count). The standard InChI is InChI=1S/C13H26O2/c1-9-15-13(6,7)11(3)10(2)12(4,5)14-8/h9H2,1-8H3/b11-10-/i1D2,8D2. The van der Waals surface area contributed by atoms with E-state index < -0.39 is 25.1 Å². The molecule has 0 saturated carbocycles. The van der Waals surface area contributed by atoms with Gasteiger partial charge in [0.25, 0.3) is 0 Å². The fourth-order valence-electron chi connectivity index (χ4n) is 1.31. The van der Waals surface area contributed by atoms with Gasteiger partial charge in [0, 0.05) is 16.4 Å². The minimum atomic E-state index is -1.34. The van der Waals surface area contributed by atoms with Crippen LogP contribution in [0, 0.1) is 0 Å². The molecule has 0 aromatic heterocycles. The smallest absolute Gasteiger partial charge is 0.0836 e. The van der Waals surface area contributed by atoms with E-state index in [0.717, 1.165) is 11.1 Å². The number of rotatable bonds is 5. The Balaban J connectivity index is 5.09. The summed E-state index contributed by atoms with van der Waals surface area (Å²) in [5.74, 6) is 0. The van der Waals surface area contributed by atoms with Gasteiger partial charge >= 0.3 is 0 Å². The lowest BCUT2D eigenvalue weighted by molar-refractivity contribution is 0.0110. The third-order valence-electron chi connectivity index (χ3n) is 3.11. The van der Waals surface area contributed by atoms with E-state index in [9.17, 15) is 0 Å². The highest BCUT2D eigenvalue weighted by molar-refractivity contribution is 5.25. The van der Waals surface area contributed by atoms with Gasteiger partial charge in [-0.3, -0.25) is 0 Å². The second kappa shape index (κ2) is 5.13. The molecule has 0 radical (unpaired) electrons. The molecule has 2 nitrogen and oxygen atoms in total. The topological polar surface area (TPSA) is 18.5 Å². The fraction of sp³-hybridized carbons (Fsp3) is 0.846. The van der Waals surface area contributed by atoms with Crippen LogP contribution in [-0.2, 0) is 9.47 Å². The Hall–Kier alpha value is -0.340. The molecule has 0 bridgehead atoms. The normalized spacial score (nSPS) is 19.5. The van der Waals surface area contributed by atoms with Gasteiger partial charge in [0.15, 0.2) is 0 Å². The van der Waals surface area contributed by atoms with Crippen LogP contribution < -0.4 is 0 Å². The molecule has 2 heteroatoms. The van der Waals surface area contributed by atoms with E-state index in [4.69, 9.17) is 15.0 Å². The monoisotopic (exact) mass is 218 g/mol. The largest absolute Gasteiger partial charge is 0.374 e. The number of hydrogen-bond acceptors (Lipinski definition) is 2. The number of hydrogen-bond donors (Lipinski definition) is 0. The first-order valence-electron chi connectivity index (χ1n) is 7.40. The van der Waals surface area contributed by atoms with Crippen molar-refractivity contribution in [1.82, 2.24) is 0 Å². The van der Waals surface area contributed by atoms with Gasteiger partial charge in [0.1, 0.15) is 0 Å². The molecule has 0 aliphatic heterocycles. The average Bonchev–Trinajstić information content (AvgIpc) is 2.22. The summed E-state index contributed by atoms with van der Waals surface area (Å²) in [5.41, 5.74) is 0.498. The Morgan fingerprint density at radius 3 is 2.07 bits per heavy atom. The summed E-state index contributed by atoms with van der Waals surface area (Å²) in [6, 6.07) is 0. The molecule has 0 aromatic carbocycles. The summed E-state index contributed by atoms with van der Waals surface area (Å²) < 4.78 is 39.6. The van der Waals surface area contributed by atoms with Crippen molar-refractivity contribution in [3.05, 3.63) is 11.1 Å². The number of methoxy groups -OCH3 is 1. The SMILES string of the molecule is [2H]C([2H])COC(C)(C)/C(C)=C(/C)C(C)(C)OC([2H])[2H]. The van der Waals surface area contributed by atoms with Gasteiger partial charge in [-0.15, -0.1) is 0 Å². The van der Waals surface area contributed by atoms with Gasteiger partial charge in [-0.25, -0.2) is 0 Å². The summed E-state index contributed by atoms with van der Waals surface area (Å²) in [6.45, 7) is 10.2. The molecular weight excluding hydrogens is 188 g/mol. The second-order valence-electron chi connectivity index (χ2n) is 4.70. The molecule has 0 atom stereocenters. The van der Waals surface area contributed by atoms with Gasteiger partial charge in [-0.1, -0.05) is 0 Å². The molecule has 0 saturated heterocycles. The van der Waals surface area contributed by atoms with E-state index in [-0.39, 0.29) is 6.61 Å². The molecule has 0 N–H and O–H groups in total. The first-order valence-corrected chi connectivity index (χ1v) is 5.09. The summed E-state index contributed by atoms with van der Waals surface area (Å²) in [4.78, 5) is 0. The zero-order valence-corrected chi connectivity index (χ0v) is 10.7. The highest BCUT2D eigenvalue weighted by atomic mass is 16.5. The maximum absolute atomic E-state index is 7.20. The summed E-state index contributed by atoms with van der Waals surface area (Å²) >= 11 is 0. The summed E-state index contributed by atoms with van der Waals surface area (Å²) in [7, 11) is -1.34. The highest BCUT2D eigenvalue weighted by Crippen LogP contribution is 2.30. The molecule has 90 valence electrons. The lowest BCUT2D eigenvalue weighted by Gasteiger charge is -2.33. The number of ether oxygens (including phenoxy) is 2. The van der Waals surface area contributed by atoms with Crippen LogP contribution in [0.3, 0.4) is 0 Å². The van der Waals surface area contributed by atoms with Gasteiger partial charge in [-0.2, -0.15) is 0 Å². The van der Waals surface area contributed by atoms with E-state index in [2.05, 4.69) is 0 Å². The zero-order valence-electron chi connectivity index (χ0n) is 14.7. The quantitative estimate of drug-likeness (QED) is 0.657. The Kier molecular flexibility index (Phi) is 3.00. The van der Waals surface area contributed by atoms with Crippen LogP contribution in [-0.4, -0.2) is 24.9 Å². The lowest BCUT2D eigenvalue weighted by atomic mass is 9.87. The van der Waals surface area contributed by atoms with Crippen LogP contribution in [0.1, 0.15) is 53.9 Å². The first kappa shape index (κ1) is 8.77. The maximum atomic E-state index is 7.20. The molecule has 0 aliphatic carbocycles. The van der Waals surface area contributed by atoms with Gasteiger partial charge in [0.2, 0.25) is 0 Å². The van der Waals surface area contributed by atoms with Crippen LogP contribution in [0.5, 0.6) is 0 Å². The van der Waals surface area contributed by atoms with Gasteiger partial charge in [-0.05, 0) is 59.6 Å².